The fraction of sp³-hybridized carbons (Fsp3) is 0.350. The molecule has 0 unspecified atom stereocenters. The Morgan fingerprint density at radius 3 is 2.15 bits per heavy atom. The van der Waals surface area contributed by atoms with Crippen molar-refractivity contribution in [2.45, 2.75) is 25.1 Å². The highest BCUT2D eigenvalue weighted by Gasteiger charge is 2.53. The van der Waals surface area contributed by atoms with Crippen molar-refractivity contribution in [2.24, 2.45) is 5.41 Å². The van der Waals surface area contributed by atoms with E-state index in [0.29, 0.717) is 11.3 Å². The summed E-state index contributed by atoms with van der Waals surface area (Å²) in [5.74, 6) is 0.487. The molecule has 1 heterocycles. The fourth-order valence-corrected chi connectivity index (χ4v) is 3.86. The SMILES string of the molecule is N#Cc1ccc(N2CC3(CC(Oc4ccc(C(F)(F)F)cc4)C3)C2)cc1. The van der Waals surface area contributed by atoms with Crippen LogP contribution in [0.2, 0.25) is 0 Å². The zero-order valence-corrected chi connectivity index (χ0v) is 14.0. The van der Waals surface area contributed by atoms with Gasteiger partial charge in [-0.1, -0.05) is 0 Å². The molecular formula is C20H17F3N2O. The summed E-state index contributed by atoms with van der Waals surface area (Å²) >= 11 is 0. The maximum Gasteiger partial charge on any atom is 0.416 e. The third-order valence-electron chi connectivity index (χ3n) is 5.22. The summed E-state index contributed by atoms with van der Waals surface area (Å²) in [5, 5.41) is 8.84. The summed E-state index contributed by atoms with van der Waals surface area (Å²) in [6.07, 6.45) is -2.42. The van der Waals surface area contributed by atoms with E-state index in [1.54, 1.807) is 0 Å². The number of rotatable bonds is 3. The molecule has 0 N–H and O–H groups in total. The van der Waals surface area contributed by atoms with Gasteiger partial charge in [0, 0.05) is 24.2 Å². The standard InChI is InChI=1S/C20H17F3N2O/c21-20(22,23)15-3-7-17(8-4-15)26-18-9-19(10-18)12-25(13-19)16-5-1-14(11-24)2-6-16/h1-8,18H,9-10,12-13H2. The topological polar surface area (TPSA) is 36.3 Å². The van der Waals surface area contributed by atoms with Crippen molar-refractivity contribution in [3.8, 4) is 11.8 Å². The van der Waals surface area contributed by atoms with Crippen LogP contribution >= 0.6 is 0 Å². The molecule has 0 amide bonds. The Hall–Kier alpha value is -2.68. The number of benzene rings is 2. The monoisotopic (exact) mass is 358 g/mol. The third kappa shape index (κ3) is 3.10. The van der Waals surface area contributed by atoms with Crippen LogP contribution in [0.4, 0.5) is 18.9 Å². The molecule has 0 aromatic heterocycles. The van der Waals surface area contributed by atoms with Crippen LogP contribution in [0.3, 0.4) is 0 Å². The van der Waals surface area contributed by atoms with Crippen molar-refractivity contribution in [1.29, 1.82) is 5.26 Å². The highest BCUT2D eigenvalue weighted by atomic mass is 19.4. The maximum atomic E-state index is 12.6. The van der Waals surface area contributed by atoms with E-state index in [1.807, 2.05) is 24.3 Å². The molecule has 2 aromatic rings. The number of anilines is 1. The first-order chi connectivity index (χ1) is 12.4. The first kappa shape index (κ1) is 16.8. The molecule has 134 valence electrons. The number of nitrogens with zero attached hydrogens (tertiary/aromatic N) is 2. The Morgan fingerprint density at radius 1 is 1.00 bits per heavy atom. The molecule has 1 aliphatic heterocycles. The zero-order chi connectivity index (χ0) is 18.4. The minimum Gasteiger partial charge on any atom is -0.490 e. The molecule has 0 radical (unpaired) electrons. The van der Waals surface area contributed by atoms with Gasteiger partial charge in [0.1, 0.15) is 11.9 Å². The van der Waals surface area contributed by atoms with Gasteiger partial charge in [-0.2, -0.15) is 18.4 Å². The Labute approximate surface area is 149 Å². The average molecular weight is 358 g/mol. The number of alkyl halides is 3. The number of hydrogen-bond donors (Lipinski definition) is 0. The predicted molar refractivity (Wildman–Crippen MR) is 90.9 cm³/mol. The predicted octanol–water partition coefficient (Wildman–Crippen LogP) is 4.62. The van der Waals surface area contributed by atoms with Crippen molar-refractivity contribution >= 4 is 5.69 Å². The number of halogens is 3. The maximum absolute atomic E-state index is 12.6. The summed E-state index contributed by atoms with van der Waals surface area (Å²) in [6.45, 7) is 1.90. The molecule has 1 aliphatic carbocycles. The number of hydrogen-bond acceptors (Lipinski definition) is 3. The van der Waals surface area contributed by atoms with Gasteiger partial charge >= 0.3 is 6.18 Å². The Kier molecular flexibility index (Phi) is 3.83. The van der Waals surface area contributed by atoms with Gasteiger partial charge in [-0.15, -0.1) is 0 Å². The molecule has 1 saturated carbocycles. The summed E-state index contributed by atoms with van der Waals surface area (Å²) < 4.78 is 43.5. The highest BCUT2D eigenvalue weighted by molar-refractivity contribution is 5.53. The summed E-state index contributed by atoms with van der Waals surface area (Å²) in [5.41, 5.74) is 1.36. The molecule has 6 heteroatoms. The molecule has 4 rings (SSSR count). The van der Waals surface area contributed by atoms with Crippen LogP contribution in [0, 0.1) is 16.7 Å². The number of nitriles is 1. The average Bonchev–Trinajstić information content (AvgIpc) is 2.55. The van der Waals surface area contributed by atoms with E-state index < -0.39 is 11.7 Å². The lowest BCUT2D eigenvalue weighted by Gasteiger charge is -2.59. The van der Waals surface area contributed by atoms with Crippen molar-refractivity contribution in [2.75, 3.05) is 18.0 Å². The van der Waals surface area contributed by atoms with Crippen molar-refractivity contribution < 1.29 is 17.9 Å². The van der Waals surface area contributed by atoms with Gasteiger partial charge in [-0.3, -0.25) is 0 Å². The Bertz CT molecular complexity index is 823. The van der Waals surface area contributed by atoms with Gasteiger partial charge in [0.25, 0.3) is 0 Å². The second kappa shape index (κ2) is 5.94. The van der Waals surface area contributed by atoms with Crippen molar-refractivity contribution in [1.82, 2.24) is 0 Å². The van der Waals surface area contributed by atoms with Crippen LogP contribution in [0.15, 0.2) is 48.5 Å². The van der Waals surface area contributed by atoms with Gasteiger partial charge < -0.3 is 9.64 Å². The molecule has 26 heavy (non-hydrogen) atoms. The largest absolute Gasteiger partial charge is 0.490 e. The summed E-state index contributed by atoms with van der Waals surface area (Å²) in [7, 11) is 0. The number of ether oxygens (including phenoxy) is 1. The van der Waals surface area contributed by atoms with Gasteiger partial charge in [0.05, 0.1) is 17.2 Å². The smallest absolute Gasteiger partial charge is 0.416 e. The molecule has 1 spiro atoms. The fourth-order valence-electron chi connectivity index (χ4n) is 3.86. The van der Waals surface area contributed by atoms with E-state index in [9.17, 15) is 13.2 Å². The van der Waals surface area contributed by atoms with E-state index >= 15 is 0 Å². The van der Waals surface area contributed by atoms with Gasteiger partial charge in [-0.05, 0) is 61.4 Å². The lowest BCUT2D eigenvalue weighted by molar-refractivity contribution is -0.137. The van der Waals surface area contributed by atoms with E-state index in [0.717, 1.165) is 43.8 Å². The van der Waals surface area contributed by atoms with Gasteiger partial charge in [0.15, 0.2) is 0 Å². The quantitative estimate of drug-likeness (QED) is 0.803. The van der Waals surface area contributed by atoms with E-state index in [1.165, 1.54) is 12.1 Å². The normalized spacial score (nSPS) is 18.8. The van der Waals surface area contributed by atoms with Crippen LogP contribution in [0.5, 0.6) is 5.75 Å². The van der Waals surface area contributed by atoms with Crippen LogP contribution < -0.4 is 9.64 Å². The van der Waals surface area contributed by atoms with E-state index in [4.69, 9.17) is 10.00 Å². The lowest BCUT2D eigenvalue weighted by Crippen LogP contribution is -2.64. The highest BCUT2D eigenvalue weighted by Crippen LogP contribution is 2.50. The van der Waals surface area contributed by atoms with Crippen LogP contribution in [-0.4, -0.2) is 19.2 Å². The molecule has 3 nitrogen and oxygen atoms in total. The van der Waals surface area contributed by atoms with Gasteiger partial charge in [-0.25, -0.2) is 0 Å². The molecule has 0 atom stereocenters. The molecule has 2 fully saturated rings. The molecule has 2 aromatic carbocycles. The van der Waals surface area contributed by atoms with Crippen LogP contribution in [0.1, 0.15) is 24.0 Å². The lowest BCUT2D eigenvalue weighted by atomic mass is 9.61. The molecule has 0 bridgehead atoms. The van der Waals surface area contributed by atoms with E-state index in [-0.39, 0.29) is 11.5 Å². The second-order valence-electron chi connectivity index (χ2n) is 7.18. The van der Waals surface area contributed by atoms with Crippen LogP contribution in [0.25, 0.3) is 0 Å². The second-order valence-corrected chi connectivity index (χ2v) is 7.18. The van der Waals surface area contributed by atoms with Crippen LogP contribution in [-0.2, 0) is 6.18 Å². The molecule has 2 aliphatic rings. The first-order valence-electron chi connectivity index (χ1n) is 8.46. The minimum absolute atomic E-state index is 0.0647. The third-order valence-corrected chi connectivity index (χ3v) is 5.22. The molecule has 1 saturated heterocycles. The minimum atomic E-state index is -4.32. The van der Waals surface area contributed by atoms with Crippen molar-refractivity contribution in [3.63, 3.8) is 0 Å². The zero-order valence-electron chi connectivity index (χ0n) is 14.0. The Balaban J connectivity index is 1.28. The molecular weight excluding hydrogens is 341 g/mol. The summed E-state index contributed by atoms with van der Waals surface area (Å²) in [6, 6.07) is 14.5. The Morgan fingerprint density at radius 2 is 1.62 bits per heavy atom. The summed E-state index contributed by atoms with van der Waals surface area (Å²) in [4.78, 5) is 2.27. The van der Waals surface area contributed by atoms with Gasteiger partial charge in [0.2, 0.25) is 0 Å². The van der Waals surface area contributed by atoms with Crippen molar-refractivity contribution in [3.05, 3.63) is 59.7 Å². The first-order valence-corrected chi connectivity index (χ1v) is 8.46. The van der Waals surface area contributed by atoms with E-state index in [2.05, 4.69) is 11.0 Å².